The van der Waals surface area contributed by atoms with Crippen molar-refractivity contribution in [3.63, 3.8) is 0 Å². The molecule has 1 unspecified atom stereocenters. The Labute approximate surface area is 161 Å². The Balaban J connectivity index is 2.01. The Morgan fingerprint density at radius 3 is 2.88 bits per heavy atom. The van der Waals surface area contributed by atoms with Crippen LogP contribution in [0.2, 0.25) is 0 Å². The lowest BCUT2D eigenvalue weighted by Gasteiger charge is -2.24. The summed E-state index contributed by atoms with van der Waals surface area (Å²) in [4.78, 5) is 14.5. The number of ether oxygens (including phenoxy) is 1. The summed E-state index contributed by atoms with van der Waals surface area (Å²) in [5.74, 6) is -0.0551. The van der Waals surface area contributed by atoms with E-state index in [1.54, 1.807) is 12.0 Å². The minimum atomic E-state index is -0.339. The first kappa shape index (κ1) is 20.2. The molecule has 0 aliphatic rings. The van der Waals surface area contributed by atoms with Gasteiger partial charge in [0.2, 0.25) is 11.0 Å². The monoisotopic (exact) mass is 391 g/mol. The van der Waals surface area contributed by atoms with Crippen molar-refractivity contribution in [2.24, 2.45) is 0 Å². The van der Waals surface area contributed by atoms with Crippen LogP contribution in [0.25, 0.3) is 0 Å². The molecule has 0 saturated carbocycles. The van der Waals surface area contributed by atoms with Gasteiger partial charge < -0.3 is 15.0 Å². The molecular weight excluding hydrogens is 370 g/mol. The summed E-state index contributed by atoms with van der Waals surface area (Å²) in [6.45, 7) is 3.45. The van der Waals surface area contributed by atoms with Crippen LogP contribution >= 0.6 is 23.1 Å². The van der Waals surface area contributed by atoms with E-state index in [0.29, 0.717) is 24.8 Å². The Bertz CT molecular complexity index is 732. The molecule has 1 heterocycles. The number of methoxy groups -OCH3 is 1. The summed E-state index contributed by atoms with van der Waals surface area (Å²) in [7, 11) is 1.64. The summed E-state index contributed by atoms with van der Waals surface area (Å²) >= 11 is 2.77. The number of nitrogens with one attached hydrogen (secondary N) is 1. The molecule has 0 aliphatic carbocycles. The zero-order chi connectivity index (χ0) is 18.8. The number of para-hydroxylation sites is 1. The zero-order valence-electron chi connectivity index (χ0n) is 14.7. The van der Waals surface area contributed by atoms with E-state index in [2.05, 4.69) is 21.6 Å². The molecule has 0 saturated heterocycles. The molecule has 7 nitrogen and oxygen atoms in total. The second kappa shape index (κ2) is 10.8. The Morgan fingerprint density at radius 1 is 1.42 bits per heavy atom. The number of amides is 1. The fourth-order valence-corrected chi connectivity index (χ4v) is 4.13. The Kier molecular flexibility index (Phi) is 8.34. The molecule has 0 radical (unpaired) electrons. The van der Waals surface area contributed by atoms with Gasteiger partial charge in [-0.05, 0) is 19.1 Å². The van der Waals surface area contributed by atoms with Crippen molar-refractivity contribution in [1.29, 1.82) is 5.26 Å². The van der Waals surface area contributed by atoms with E-state index < -0.39 is 0 Å². The maximum atomic E-state index is 12.9. The summed E-state index contributed by atoms with van der Waals surface area (Å²) in [6.07, 6.45) is 0.282. The summed E-state index contributed by atoms with van der Waals surface area (Å²) in [6, 6.07) is 11.5. The molecule has 1 atom stereocenters. The van der Waals surface area contributed by atoms with E-state index in [-0.39, 0.29) is 17.6 Å². The lowest BCUT2D eigenvalue weighted by molar-refractivity contribution is -0.117. The molecular formula is C17H21N5O2S2. The number of nitrogens with zero attached hydrogens (tertiary/aromatic N) is 4. The smallest absolute Gasteiger partial charge is 0.240 e. The van der Waals surface area contributed by atoms with Gasteiger partial charge in [-0.3, -0.25) is 4.79 Å². The van der Waals surface area contributed by atoms with Gasteiger partial charge in [-0.25, -0.2) is 0 Å². The van der Waals surface area contributed by atoms with Crippen molar-refractivity contribution in [2.45, 2.75) is 22.9 Å². The Hall–Kier alpha value is -2.15. The number of rotatable bonds is 10. The molecule has 1 N–H and O–H groups in total. The first-order chi connectivity index (χ1) is 12.7. The molecule has 138 valence electrons. The maximum absolute atomic E-state index is 12.9. The fraction of sp³-hybridized carbons (Fsp3) is 0.412. The number of aromatic nitrogens is 2. The third-order valence-corrected chi connectivity index (χ3v) is 5.45. The molecule has 26 heavy (non-hydrogen) atoms. The molecule has 0 bridgehead atoms. The largest absolute Gasteiger partial charge is 0.383 e. The third kappa shape index (κ3) is 5.98. The van der Waals surface area contributed by atoms with Crippen LogP contribution in [0.5, 0.6) is 0 Å². The van der Waals surface area contributed by atoms with Gasteiger partial charge >= 0.3 is 0 Å². The van der Waals surface area contributed by atoms with Crippen LogP contribution in [0.4, 0.5) is 10.8 Å². The fourth-order valence-electron chi connectivity index (χ4n) is 2.15. The standard InChI is InChI=1S/C17H21N5O2S2/c1-13(25-17-21-20-16(26-17)19-10-12-24-2)15(23)22(11-6-9-18)14-7-4-3-5-8-14/h3-5,7-8,13H,6,10-12H2,1-2H3,(H,19,20). The number of hydrogen-bond acceptors (Lipinski definition) is 8. The van der Waals surface area contributed by atoms with Crippen LogP contribution in [0, 0.1) is 11.3 Å². The number of hydrogen-bond donors (Lipinski definition) is 1. The van der Waals surface area contributed by atoms with Crippen LogP contribution in [0.1, 0.15) is 13.3 Å². The number of carbonyl (C=O) groups excluding carboxylic acids is 1. The number of thioether (sulfide) groups is 1. The van der Waals surface area contributed by atoms with Gasteiger partial charge in [0.1, 0.15) is 0 Å². The molecule has 1 aromatic carbocycles. The summed E-state index contributed by atoms with van der Waals surface area (Å²) in [5, 5.41) is 20.5. The number of anilines is 2. The normalized spacial score (nSPS) is 11.6. The van der Waals surface area contributed by atoms with E-state index in [1.165, 1.54) is 23.1 Å². The highest BCUT2D eigenvalue weighted by Crippen LogP contribution is 2.30. The Morgan fingerprint density at radius 2 is 2.19 bits per heavy atom. The number of carbonyl (C=O) groups is 1. The molecule has 0 spiro atoms. The van der Waals surface area contributed by atoms with Gasteiger partial charge in [-0.2, -0.15) is 5.26 Å². The molecule has 1 aromatic heterocycles. The van der Waals surface area contributed by atoms with Gasteiger partial charge in [0, 0.05) is 25.9 Å². The average Bonchev–Trinajstić information content (AvgIpc) is 3.10. The number of nitriles is 1. The van der Waals surface area contributed by atoms with Crippen LogP contribution in [-0.2, 0) is 9.53 Å². The average molecular weight is 392 g/mol. The highest BCUT2D eigenvalue weighted by atomic mass is 32.2. The second-order valence-electron chi connectivity index (χ2n) is 5.29. The summed E-state index contributed by atoms with van der Waals surface area (Å²) in [5.41, 5.74) is 0.791. The maximum Gasteiger partial charge on any atom is 0.240 e. The molecule has 2 aromatic rings. The van der Waals surface area contributed by atoms with Crippen LogP contribution in [0.3, 0.4) is 0 Å². The first-order valence-corrected chi connectivity index (χ1v) is 9.81. The summed E-state index contributed by atoms with van der Waals surface area (Å²) < 4.78 is 5.70. The third-order valence-electron chi connectivity index (χ3n) is 3.40. The van der Waals surface area contributed by atoms with Crippen molar-refractivity contribution in [2.75, 3.05) is 37.0 Å². The highest BCUT2D eigenvalue weighted by Gasteiger charge is 2.24. The molecule has 2 rings (SSSR count). The minimum Gasteiger partial charge on any atom is -0.383 e. The zero-order valence-corrected chi connectivity index (χ0v) is 16.3. The quantitative estimate of drug-likeness (QED) is 0.492. The van der Waals surface area contributed by atoms with Crippen LogP contribution < -0.4 is 10.2 Å². The minimum absolute atomic E-state index is 0.0551. The van der Waals surface area contributed by atoms with Crippen molar-refractivity contribution in [3.8, 4) is 6.07 Å². The van der Waals surface area contributed by atoms with Crippen LogP contribution in [0.15, 0.2) is 34.7 Å². The lowest BCUT2D eigenvalue weighted by atomic mass is 10.2. The van der Waals surface area contributed by atoms with Gasteiger partial charge in [0.15, 0.2) is 4.34 Å². The van der Waals surface area contributed by atoms with E-state index in [4.69, 9.17) is 10.00 Å². The SMILES string of the molecule is COCCNc1nnc(SC(C)C(=O)N(CCC#N)c2ccccc2)s1. The van der Waals surface area contributed by atoms with Gasteiger partial charge in [-0.15, -0.1) is 10.2 Å². The van der Waals surface area contributed by atoms with E-state index >= 15 is 0 Å². The van der Waals surface area contributed by atoms with Gasteiger partial charge in [-0.1, -0.05) is 41.3 Å². The molecule has 0 fully saturated rings. The molecule has 1 amide bonds. The molecule has 9 heteroatoms. The number of benzene rings is 1. The highest BCUT2D eigenvalue weighted by molar-refractivity contribution is 8.02. The van der Waals surface area contributed by atoms with Gasteiger partial charge in [0.25, 0.3) is 0 Å². The predicted octanol–water partition coefficient (Wildman–Crippen LogP) is 3.02. The topological polar surface area (TPSA) is 91.1 Å². The predicted molar refractivity (Wildman–Crippen MR) is 105 cm³/mol. The van der Waals surface area contributed by atoms with Crippen molar-refractivity contribution < 1.29 is 9.53 Å². The first-order valence-electron chi connectivity index (χ1n) is 8.12. The van der Waals surface area contributed by atoms with E-state index in [0.717, 1.165) is 10.0 Å². The van der Waals surface area contributed by atoms with Gasteiger partial charge in [0.05, 0.1) is 24.3 Å². The lowest BCUT2D eigenvalue weighted by Crippen LogP contribution is -2.37. The van der Waals surface area contributed by atoms with Crippen molar-refractivity contribution in [3.05, 3.63) is 30.3 Å². The second-order valence-corrected chi connectivity index (χ2v) is 7.85. The molecule has 0 aliphatic heterocycles. The van der Waals surface area contributed by atoms with E-state index in [1.807, 2.05) is 37.3 Å². The van der Waals surface area contributed by atoms with E-state index in [9.17, 15) is 4.79 Å². The van der Waals surface area contributed by atoms with Crippen molar-refractivity contribution >= 4 is 39.8 Å². The van der Waals surface area contributed by atoms with Crippen LogP contribution in [-0.4, -0.2) is 48.2 Å². The van der Waals surface area contributed by atoms with Crippen molar-refractivity contribution in [1.82, 2.24) is 10.2 Å².